The van der Waals surface area contributed by atoms with Crippen molar-refractivity contribution in [1.82, 2.24) is 0 Å². The van der Waals surface area contributed by atoms with Gasteiger partial charge in [-0.25, -0.2) is 8.78 Å². The average molecular weight is 118 g/mol. The summed E-state index contributed by atoms with van der Waals surface area (Å²) < 4.78 is 23.0. The molecule has 0 saturated carbocycles. The van der Waals surface area contributed by atoms with E-state index < -0.39 is 12.5 Å². The molecule has 8 heavy (non-hydrogen) atoms. The third kappa shape index (κ3) is 3.53. The summed E-state index contributed by atoms with van der Waals surface area (Å²) in [6, 6.07) is 0. The third-order valence-corrected chi connectivity index (χ3v) is 0.597. The molecule has 0 heterocycles. The lowest BCUT2D eigenvalue weighted by atomic mass is 10.4. The van der Waals surface area contributed by atoms with Gasteiger partial charge in [-0.15, -0.1) is 0 Å². The van der Waals surface area contributed by atoms with E-state index in [4.69, 9.17) is 0 Å². The molecule has 2 heteroatoms. The van der Waals surface area contributed by atoms with Gasteiger partial charge in [-0.1, -0.05) is 12.2 Å². The minimum Gasteiger partial charge on any atom is -0.243 e. The second-order valence-electron chi connectivity index (χ2n) is 1.27. The molecule has 0 aliphatic rings. The van der Waals surface area contributed by atoms with Crippen molar-refractivity contribution in [3.63, 3.8) is 0 Å². The van der Waals surface area contributed by atoms with Gasteiger partial charge in [-0.05, 0) is 13.0 Å². The summed E-state index contributed by atoms with van der Waals surface area (Å²) in [6.07, 6.45) is 4.18. The summed E-state index contributed by atoms with van der Waals surface area (Å²) in [6.45, 7) is 0.729. The summed E-state index contributed by atoms with van der Waals surface area (Å²) >= 11 is 0. The molecule has 0 aliphatic heterocycles. The molecule has 0 amide bonds. The van der Waals surface area contributed by atoms with Crippen LogP contribution < -0.4 is 0 Å². The van der Waals surface area contributed by atoms with E-state index in [1.807, 2.05) is 0 Å². The van der Waals surface area contributed by atoms with Gasteiger partial charge >= 0.3 is 0 Å². The van der Waals surface area contributed by atoms with Crippen molar-refractivity contribution in [2.75, 3.05) is 6.67 Å². The molecule has 0 rings (SSSR count). The van der Waals surface area contributed by atoms with Crippen molar-refractivity contribution in [3.05, 3.63) is 24.1 Å². The molecule has 0 radical (unpaired) electrons. The quantitative estimate of drug-likeness (QED) is 0.488. The van der Waals surface area contributed by atoms with Crippen LogP contribution in [-0.4, -0.2) is 6.67 Å². The fraction of sp³-hybridized carbons (Fsp3) is 0.333. The van der Waals surface area contributed by atoms with E-state index in [2.05, 4.69) is 0 Å². The zero-order valence-electron chi connectivity index (χ0n) is 4.70. The zero-order valence-corrected chi connectivity index (χ0v) is 4.70. The average Bonchev–Trinajstić information content (AvgIpc) is 1.83. The molecule has 0 N–H and O–H groups in total. The van der Waals surface area contributed by atoms with Crippen LogP contribution in [0.5, 0.6) is 0 Å². The maximum absolute atomic E-state index is 11.8. The van der Waals surface area contributed by atoms with Gasteiger partial charge < -0.3 is 0 Å². The molecular formula is C6H8F2. The van der Waals surface area contributed by atoms with E-state index in [1.54, 1.807) is 13.0 Å². The topological polar surface area (TPSA) is 0 Å². The predicted molar refractivity (Wildman–Crippen MR) is 30.0 cm³/mol. The largest absolute Gasteiger partial charge is 0.243 e. The van der Waals surface area contributed by atoms with E-state index >= 15 is 0 Å². The fourth-order valence-corrected chi connectivity index (χ4v) is 0.245. The van der Waals surface area contributed by atoms with E-state index in [9.17, 15) is 8.78 Å². The molecule has 0 bridgehead atoms. The van der Waals surface area contributed by atoms with E-state index in [0.717, 1.165) is 6.08 Å². The molecule has 0 nitrogen and oxygen atoms in total. The number of alkyl halides is 1. The number of hydrogen-bond acceptors (Lipinski definition) is 0. The van der Waals surface area contributed by atoms with Gasteiger partial charge in [-0.2, -0.15) is 0 Å². The summed E-state index contributed by atoms with van der Waals surface area (Å²) in [4.78, 5) is 0. The van der Waals surface area contributed by atoms with Gasteiger partial charge in [0.2, 0.25) is 0 Å². The van der Waals surface area contributed by atoms with E-state index in [1.165, 1.54) is 6.08 Å². The molecule has 0 fully saturated rings. The Morgan fingerprint density at radius 1 is 1.62 bits per heavy atom. The second-order valence-corrected chi connectivity index (χ2v) is 1.27. The first-order chi connectivity index (χ1) is 3.81. The minimum absolute atomic E-state index is 0.733. The van der Waals surface area contributed by atoms with Crippen molar-refractivity contribution < 1.29 is 8.78 Å². The molecule has 0 spiro atoms. The van der Waals surface area contributed by atoms with E-state index in [0.29, 0.717) is 0 Å². The van der Waals surface area contributed by atoms with Crippen LogP contribution in [0.2, 0.25) is 0 Å². The highest BCUT2D eigenvalue weighted by molar-refractivity contribution is 5.05. The van der Waals surface area contributed by atoms with Crippen LogP contribution in [0.1, 0.15) is 6.92 Å². The fourth-order valence-electron chi connectivity index (χ4n) is 0.245. The summed E-state index contributed by atoms with van der Waals surface area (Å²) in [7, 11) is 0. The van der Waals surface area contributed by atoms with Crippen LogP contribution in [0.3, 0.4) is 0 Å². The normalized spacial score (nSPS) is 13.1. The number of halogens is 2. The Morgan fingerprint density at radius 2 is 2.25 bits per heavy atom. The Bertz CT molecular complexity index is 103. The van der Waals surface area contributed by atoms with Crippen molar-refractivity contribution >= 4 is 0 Å². The van der Waals surface area contributed by atoms with Gasteiger partial charge in [0.15, 0.2) is 0 Å². The van der Waals surface area contributed by atoms with Crippen molar-refractivity contribution in [1.29, 1.82) is 0 Å². The Labute approximate surface area is 47.5 Å². The minimum atomic E-state index is -1.01. The lowest BCUT2D eigenvalue weighted by Crippen LogP contribution is -1.70. The van der Waals surface area contributed by atoms with Crippen LogP contribution in [0, 0.1) is 0 Å². The molecular weight excluding hydrogens is 110 g/mol. The van der Waals surface area contributed by atoms with Crippen LogP contribution >= 0.6 is 0 Å². The molecule has 0 unspecified atom stereocenters. The molecule has 0 aromatic carbocycles. The number of hydrogen-bond donors (Lipinski definition) is 0. The first kappa shape index (κ1) is 7.34. The van der Waals surface area contributed by atoms with Crippen molar-refractivity contribution in [2.45, 2.75) is 6.92 Å². The van der Waals surface area contributed by atoms with Gasteiger partial charge in [-0.3, -0.25) is 0 Å². The predicted octanol–water partition coefficient (Wildman–Crippen LogP) is 2.39. The Balaban J connectivity index is 3.57. The highest BCUT2D eigenvalue weighted by Gasteiger charge is 1.85. The first-order valence-electron chi connectivity index (χ1n) is 2.34. The second kappa shape index (κ2) is 4.50. The molecule has 0 aromatic rings. The summed E-state index contributed by atoms with van der Waals surface area (Å²) in [5, 5.41) is 0. The number of rotatable bonds is 2. The maximum Gasteiger partial charge on any atom is 0.141 e. The Hall–Kier alpha value is -0.660. The van der Waals surface area contributed by atoms with Crippen LogP contribution in [0.4, 0.5) is 8.78 Å². The standard InChI is InChI=1S/C6H8F2/c1-2-3-4-6(8)5-7/h2-4H,5H2,1H3/b3-2-,6-4+. The molecule has 0 aliphatic carbocycles. The molecule has 0 aromatic heterocycles. The smallest absolute Gasteiger partial charge is 0.141 e. The monoisotopic (exact) mass is 118 g/mol. The first-order valence-corrected chi connectivity index (χ1v) is 2.34. The Kier molecular flexibility index (Phi) is 4.13. The van der Waals surface area contributed by atoms with Crippen molar-refractivity contribution in [3.8, 4) is 0 Å². The van der Waals surface area contributed by atoms with Crippen LogP contribution in [0.15, 0.2) is 24.1 Å². The maximum atomic E-state index is 11.8. The van der Waals surface area contributed by atoms with Gasteiger partial charge in [0, 0.05) is 0 Å². The van der Waals surface area contributed by atoms with Crippen LogP contribution in [-0.2, 0) is 0 Å². The van der Waals surface area contributed by atoms with Gasteiger partial charge in [0.25, 0.3) is 0 Å². The SMILES string of the molecule is C/C=C\C=C(\F)CF. The molecule has 46 valence electrons. The third-order valence-electron chi connectivity index (χ3n) is 0.597. The Morgan fingerprint density at radius 3 is 2.62 bits per heavy atom. The summed E-state index contributed by atoms with van der Waals surface area (Å²) in [5.74, 6) is -0.733. The highest BCUT2D eigenvalue weighted by Crippen LogP contribution is 1.95. The van der Waals surface area contributed by atoms with Gasteiger partial charge in [0.05, 0.1) is 0 Å². The lowest BCUT2D eigenvalue weighted by Gasteiger charge is -1.79. The van der Waals surface area contributed by atoms with E-state index in [-0.39, 0.29) is 0 Å². The highest BCUT2D eigenvalue weighted by atomic mass is 19.2. The van der Waals surface area contributed by atoms with Crippen molar-refractivity contribution in [2.24, 2.45) is 0 Å². The van der Waals surface area contributed by atoms with Crippen LogP contribution in [0.25, 0.3) is 0 Å². The number of allylic oxidation sites excluding steroid dienone is 4. The van der Waals surface area contributed by atoms with Gasteiger partial charge in [0.1, 0.15) is 12.5 Å². The lowest BCUT2D eigenvalue weighted by molar-refractivity contribution is 0.459. The molecule has 0 saturated heterocycles. The summed E-state index contributed by atoms with van der Waals surface area (Å²) in [5.41, 5.74) is 0. The zero-order chi connectivity index (χ0) is 6.41. The molecule has 0 atom stereocenters.